The standard InChI is InChI=1S/C33H39NO6/c1-6-39-33(36)18-17-27(35)15-11-19-34(3)22-30-31(37-4)20-28(21-32(30)38-5)40-23-26-14-10-16-29(24(26)2)25-12-8-7-9-13-25/h7-10,12-14,16-18,20-21H,6,11,15,19,22-23H2,1-5H3/b18-17+. The van der Waals surface area contributed by atoms with Crippen molar-refractivity contribution >= 4 is 11.8 Å². The van der Waals surface area contributed by atoms with Gasteiger partial charge in [-0.05, 0) is 62.2 Å². The van der Waals surface area contributed by atoms with Gasteiger partial charge in [0.25, 0.3) is 0 Å². The number of carbonyl (C=O) groups excluding carboxylic acids is 2. The number of hydrogen-bond acceptors (Lipinski definition) is 7. The molecule has 0 aliphatic rings. The Labute approximate surface area is 237 Å². The van der Waals surface area contributed by atoms with Gasteiger partial charge in [-0.2, -0.15) is 0 Å². The van der Waals surface area contributed by atoms with Crippen LogP contribution in [0.5, 0.6) is 17.2 Å². The number of methoxy groups -OCH3 is 2. The number of hydrogen-bond donors (Lipinski definition) is 0. The molecule has 0 aliphatic heterocycles. The Morgan fingerprint density at radius 1 is 0.925 bits per heavy atom. The van der Waals surface area contributed by atoms with E-state index in [1.807, 2.05) is 37.4 Å². The molecule has 7 heteroatoms. The Morgan fingerprint density at radius 3 is 2.27 bits per heavy atom. The quantitative estimate of drug-likeness (QED) is 0.167. The van der Waals surface area contributed by atoms with E-state index in [2.05, 4.69) is 42.2 Å². The van der Waals surface area contributed by atoms with Gasteiger partial charge in [0, 0.05) is 31.2 Å². The third kappa shape index (κ3) is 8.71. The molecule has 7 nitrogen and oxygen atoms in total. The second kappa shape index (κ2) is 15.5. The molecule has 0 saturated carbocycles. The van der Waals surface area contributed by atoms with Crippen molar-refractivity contribution in [3.05, 3.63) is 89.5 Å². The van der Waals surface area contributed by atoms with E-state index in [1.165, 1.54) is 28.8 Å². The molecule has 0 bridgehead atoms. The van der Waals surface area contributed by atoms with Crippen molar-refractivity contribution in [2.75, 3.05) is 34.4 Å². The summed E-state index contributed by atoms with van der Waals surface area (Å²) >= 11 is 0. The first kappa shape index (κ1) is 30.4. The highest BCUT2D eigenvalue weighted by molar-refractivity contribution is 5.95. The molecule has 0 aliphatic carbocycles. The second-order valence-electron chi connectivity index (χ2n) is 9.44. The van der Waals surface area contributed by atoms with Gasteiger partial charge in [-0.25, -0.2) is 4.79 Å². The van der Waals surface area contributed by atoms with Crippen molar-refractivity contribution < 1.29 is 28.5 Å². The smallest absolute Gasteiger partial charge is 0.330 e. The number of ether oxygens (including phenoxy) is 4. The van der Waals surface area contributed by atoms with E-state index >= 15 is 0 Å². The van der Waals surface area contributed by atoms with Crippen molar-refractivity contribution in [1.82, 2.24) is 4.90 Å². The molecule has 3 rings (SSSR count). The Morgan fingerprint density at radius 2 is 1.62 bits per heavy atom. The maximum atomic E-state index is 12.0. The molecule has 0 fully saturated rings. The molecule has 0 saturated heterocycles. The lowest BCUT2D eigenvalue weighted by Gasteiger charge is -2.21. The Kier molecular flexibility index (Phi) is 11.8. The number of ketones is 1. The molecule has 0 radical (unpaired) electrons. The van der Waals surface area contributed by atoms with Crippen LogP contribution in [0.4, 0.5) is 0 Å². The maximum Gasteiger partial charge on any atom is 0.330 e. The summed E-state index contributed by atoms with van der Waals surface area (Å²) < 4.78 is 22.4. The monoisotopic (exact) mass is 545 g/mol. The SMILES string of the molecule is CCOC(=O)/C=C/C(=O)CCCN(C)Cc1c(OC)cc(OCc2cccc(-c3ccccc3)c2C)cc1OC. The van der Waals surface area contributed by atoms with Gasteiger partial charge in [0.2, 0.25) is 0 Å². The maximum absolute atomic E-state index is 12.0. The van der Waals surface area contributed by atoms with Gasteiger partial charge in [-0.3, -0.25) is 4.79 Å². The van der Waals surface area contributed by atoms with E-state index in [-0.39, 0.29) is 12.4 Å². The number of nitrogens with zero attached hydrogens (tertiary/aromatic N) is 1. The molecule has 0 heterocycles. The number of rotatable bonds is 15. The largest absolute Gasteiger partial charge is 0.496 e. The summed E-state index contributed by atoms with van der Waals surface area (Å²) in [5.41, 5.74) is 5.55. The molecular weight excluding hydrogens is 506 g/mol. The lowest BCUT2D eigenvalue weighted by Crippen LogP contribution is -2.20. The van der Waals surface area contributed by atoms with Crippen LogP contribution >= 0.6 is 0 Å². The van der Waals surface area contributed by atoms with Gasteiger partial charge >= 0.3 is 5.97 Å². The molecule has 0 atom stereocenters. The predicted molar refractivity (Wildman–Crippen MR) is 157 cm³/mol. The lowest BCUT2D eigenvalue weighted by molar-refractivity contribution is -0.137. The van der Waals surface area contributed by atoms with Crippen LogP contribution in [-0.4, -0.2) is 51.1 Å². The summed E-state index contributed by atoms with van der Waals surface area (Å²) in [5, 5.41) is 0. The van der Waals surface area contributed by atoms with Crippen molar-refractivity contribution in [2.24, 2.45) is 0 Å². The Bertz CT molecular complexity index is 1280. The van der Waals surface area contributed by atoms with Gasteiger partial charge in [-0.1, -0.05) is 48.5 Å². The van der Waals surface area contributed by atoms with Crippen molar-refractivity contribution in [2.45, 2.75) is 39.8 Å². The van der Waals surface area contributed by atoms with E-state index in [0.29, 0.717) is 49.8 Å². The van der Waals surface area contributed by atoms with Crippen LogP contribution in [0.1, 0.15) is 36.5 Å². The lowest BCUT2D eigenvalue weighted by atomic mass is 9.97. The first-order valence-electron chi connectivity index (χ1n) is 13.4. The van der Waals surface area contributed by atoms with E-state index in [4.69, 9.17) is 18.9 Å². The van der Waals surface area contributed by atoms with Crippen LogP contribution in [0, 0.1) is 6.92 Å². The van der Waals surface area contributed by atoms with Gasteiger partial charge in [0.15, 0.2) is 5.78 Å². The van der Waals surface area contributed by atoms with Crippen molar-refractivity contribution in [3.8, 4) is 28.4 Å². The Hall–Kier alpha value is -4.10. The highest BCUT2D eigenvalue weighted by Crippen LogP contribution is 2.36. The minimum absolute atomic E-state index is 0.109. The zero-order chi connectivity index (χ0) is 28.9. The van der Waals surface area contributed by atoms with Crippen LogP contribution in [0.25, 0.3) is 11.1 Å². The van der Waals surface area contributed by atoms with E-state index in [0.717, 1.165) is 11.1 Å². The molecule has 0 spiro atoms. The Balaban J connectivity index is 1.63. The number of allylic oxidation sites excluding steroid dienone is 1. The second-order valence-corrected chi connectivity index (χ2v) is 9.44. The topological polar surface area (TPSA) is 74.3 Å². The molecule has 40 heavy (non-hydrogen) atoms. The molecule has 0 unspecified atom stereocenters. The summed E-state index contributed by atoms with van der Waals surface area (Å²) in [4.78, 5) is 25.5. The molecule has 212 valence electrons. The minimum Gasteiger partial charge on any atom is -0.496 e. The highest BCUT2D eigenvalue weighted by atomic mass is 16.5. The van der Waals surface area contributed by atoms with Crippen LogP contribution in [0.15, 0.2) is 72.8 Å². The average Bonchev–Trinajstić information content (AvgIpc) is 2.96. The first-order chi connectivity index (χ1) is 19.4. The summed E-state index contributed by atoms with van der Waals surface area (Å²) in [6.45, 7) is 5.78. The van der Waals surface area contributed by atoms with Gasteiger partial charge < -0.3 is 23.8 Å². The van der Waals surface area contributed by atoms with Crippen LogP contribution in [-0.2, 0) is 27.5 Å². The van der Waals surface area contributed by atoms with Gasteiger partial charge in [-0.15, -0.1) is 0 Å². The van der Waals surface area contributed by atoms with Crippen molar-refractivity contribution in [3.63, 3.8) is 0 Å². The normalized spacial score (nSPS) is 11.1. The fourth-order valence-corrected chi connectivity index (χ4v) is 4.44. The molecule has 0 N–H and O–H groups in total. The van der Waals surface area contributed by atoms with Crippen LogP contribution in [0.2, 0.25) is 0 Å². The fraction of sp³-hybridized carbons (Fsp3) is 0.333. The zero-order valence-electron chi connectivity index (χ0n) is 24.1. The molecule has 0 aromatic heterocycles. The van der Waals surface area contributed by atoms with Crippen LogP contribution in [0.3, 0.4) is 0 Å². The van der Waals surface area contributed by atoms with E-state index in [9.17, 15) is 9.59 Å². The molecular formula is C33H39NO6. The fourth-order valence-electron chi connectivity index (χ4n) is 4.44. The van der Waals surface area contributed by atoms with E-state index in [1.54, 1.807) is 21.1 Å². The predicted octanol–water partition coefficient (Wildman–Crippen LogP) is 6.16. The first-order valence-corrected chi connectivity index (χ1v) is 13.4. The summed E-state index contributed by atoms with van der Waals surface area (Å²) in [6.07, 6.45) is 3.44. The zero-order valence-corrected chi connectivity index (χ0v) is 24.1. The molecule has 3 aromatic carbocycles. The molecule has 0 amide bonds. The summed E-state index contributed by atoms with van der Waals surface area (Å²) in [6, 6.07) is 20.3. The van der Waals surface area contributed by atoms with Gasteiger partial charge in [0.05, 0.1) is 26.4 Å². The van der Waals surface area contributed by atoms with E-state index < -0.39 is 5.97 Å². The summed E-state index contributed by atoms with van der Waals surface area (Å²) in [5.74, 6) is 1.38. The number of esters is 1. The van der Waals surface area contributed by atoms with Gasteiger partial charge in [0.1, 0.15) is 23.9 Å². The number of benzene rings is 3. The highest BCUT2D eigenvalue weighted by Gasteiger charge is 2.16. The number of carbonyl (C=O) groups is 2. The average molecular weight is 546 g/mol. The summed E-state index contributed by atoms with van der Waals surface area (Å²) in [7, 11) is 5.24. The minimum atomic E-state index is -0.504. The third-order valence-corrected chi connectivity index (χ3v) is 6.59. The van der Waals surface area contributed by atoms with Crippen molar-refractivity contribution in [1.29, 1.82) is 0 Å². The third-order valence-electron chi connectivity index (χ3n) is 6.59. The van der Waals surface area contributed by atoms with Crippen LogP contribution < -0.4 is 14.2 Å². The molecule has 3 aromatic rings.